The summed E-state index contributed by atoms with van der Waals surface area (Å²) in [5.74, 6) is 0.917. The molecule has 0 spiro atoms. The molecule has 4 heteroatoms. The molecule has 14 rings (SSSR count). The fourth-order valence-electron chi connectivity index (χ4n) is 11.7. The van der Waals surface area contributed by atoms with E-state index in [9.17, 15) is 0 Å². The van der Waals surface area contributed by atoms with Gasteiger partial charge < -0.3 is 9.47 Å². The van der Waals surface area contributed by atoms with Gasteiger partial charge in [0.2, 0.25) is 0 Å². The molecule has 3 heterocycles. The van der Waals surface area contributed by atoms with Crippen LogP contribution < -0.4 is 4.90 Å². The van der Waals surface area contributed by atoms with Crippen LogP contribution in [0.3, 0.4) is 0 Å². The predicted octanol–water partition coefficient (Wildman–Crippen LogP) is 16.1. The minimum Gasteiger partial charge on any atom is -0.313 e. The van der Waals surface area contributed by atoms with E-state index in [1.807, 2.05) is 0 Å². The van der Waals surface area contributed by atoms with E-state index in [2.05, 4.69) is 236 Å². The number of hydrogen-bond donors (Lipinski definition) is 0. The zero-order valence-electron chi connectivity index (χ0n) is 37.3. The second-order valence-corrected chi connectivity index (χ2v) is 18.9. The van der Waals surface area contributed by atoms with Crippen LogP contribution in [0.15, 0.2) is 218 Å². The fourth-order valence-corrected chi connectivity index (χ4v) is 11.7. The van der Waals surface area contributed by atoms with Crippen molar-refractivity contribution >= 4 is 60.4 Å². The Kier molecular flexibility index (Phi) is 8.12. The van der Waals surface area contributed by atoms with Crippen molar-refractivity contribution in [1.29, 1.82) is 0 Å². The molecule has 0 saturated carbocycles. The van der Waals surface area contributed by atoms with Crippen molar-refractivity contribution < 1.29 is 0 Å². The molecule has 4 nitrogen and oxygen atoms in total. The lowest BCUT2D eigenvalue weighted by atomic mass is 9.82. The zero-order valence-corrected chi connectivity index (χ0v) is 37.3. The molecule has 2 aliphatic carbocycles. The summed E-state index contributed by atoms with van der Waals surface area (Å²) in [6.07, 6.45) is 5.58. The Bertz CT molecular complexity index is 3930. The van der Waals surface area contributed by atoms with Crippen LogP contribution in [0, 0.1) is 0 Å². The average Bonchev–Trinajstić information content (AvgIpc) is 3.98. The van der Waals surface area contributed by atoms with Gasteiger partial charge in [-0.05, 0) is 123 Å². The number of allylic oxidation sites excluding steroid dienone is 4. The highest BCUT2D eigenvalue weighted by Crippen LogP contribution is 2.55. The molecular formula is C63H44N4. The Morgan fingerprint density at radius 2 is 1.22 bits per heavy atom. The molecule has 3 aliphatic rings. The summed E-state index contributed by atoms with van der Waals surface area (Å²) < 4.78 is 2.50. The van der Waals surface area contributed by atoms with Crippen LogP contribution in [0.5, 0.6) is 0 Å². The third kappa shape index (κ3) is 5.66. The van der Waals surface area contributed by atoms with Gasteiger partial charge in [-0.3, -0.25) is 0 Å². The van der Waals surface area contributed by atoms with E-state index in [1.165, 1.54) is 88.6 Å². The first kappa shape index (κ1) is 38.0. The zero-order chi connectivity index (χ0) is 44.4. The molecule has 0 saturated heterocycles. The van der Waals surface area contributed by atoms with Crippen LogP contribution in [0.1, 0.15) is 48.4 Å². The van der Waals surface area contributed by atoms with Gasteiger partial charge in [0.15, 0.2) is 5.82 Å². The highest BCUT2D eigenvalue weighted by atomic mass is 15.2. The van der Waals surface area contributed by atoms with Gasteiger partial charge in [0.1, 0.15) is 0 Å². The summed E-state index contributed by atoms with van der Waals surface area (Å²) in [5, 5.41) is 6.11. The Morgan fingerprint density at radius 3 is 2.09 bits per heavy atom. The van der Waals surface area contributed by atoms with E-state index in [-0.39, 0.29) is 11.3 Å². The number of anilines is 2. The van der Waals surface area contributed by atoms with Crippen molar-refractivity contribution in [2.75, 3.05) is 4.90 Å². The normalized spacial score (nSPS) is 15.7. The molecule has 0 bridgehead atoms. The van der Waals surface area contributed by atoms with Gasteiger partial charge in [-0.15, -0.1) is 0 Å². The highest BCUT2D eigenvalue weighted by Gasteiger charge is 2.39. The second kappa shape index (κ2) is 14.3. The topological polar surface area (TPSA) is 34.0 Å². The van der Waals surface area contributed by atoms with Crippen molar-refractivity contribution in [3.63, 3.8) is 0 Å². The molecule has 0 radical (unpaired) electrons. The van der Waals surface area contributed by atoms with Crippen molar-refractivity contribution in [3.8, 4) is 39.5 Å². The van der Waals surface area contributed by atoms with Crippen LogP contribution in [-0.2, 0) is 5.41 Å². The lowest BCUT2D eigenvalue weighted by Crippen LogP contribution is -2.15. The molecule has 1 aliphatic heterocycles. The Hall–Kier alpha value is -8.34. The number of para-hydroxylation sites is 4. The van der Waals surface area contributed by atoms with E-state index in [1.54, 1.807) is 0 Å². The van der Waals surface area contributed by atoms with Gasteiger partial charge in [-0.25, -0.2) is 9.97 Å². The summed E-state index contributed by atoms with van der Waals surface area (Å²) in [6, 6.07) is 73.1. The standard InChI is InChI=1S/C63H44N4/c1-63(2)53-31-29-39-17-9-10-22-46(39)60(53)52-37-51-48-24-13-16-28-57(48)67(59(51)38-54(52)63)45-34-42(33-43(35-45)62-64-55-26-14-11-25-49(55)61(65-62)40-18-5-3-6-19-40)41-30-32-58-50(36-41)47-23-12-15-27-56(47)66(58)44-20-7-4-8-21-44/h3-35,37-38,50H,36H2,1-2H3. The van der Waals surface area contributed by atoms with Crippen LogP contribution in [0.25, 0.3) is 88.5 Å². The molecule has 0 fully saturated rings. The molecule has 1 unspecified atom stereocenters. The minimum atomic E-state index is -0.188. The number of rotatable bonds is 5. The smallest absolute Gasteiger partial charge is 0.160 e. The predicted molar refractivity (Wildman–Crippen MR) is 278 cm³/mol. The van der Waals surface area contributed by atoms with Crippen molar-refractivity contribution in [2.24, 2.45) is 0 Å². The summed E-state index contributed by atoms with van der Waals surface area (Å²) in [5.41, 5.74) is 20.2. The number of benzene rings is 9. The molecule has 67 heavy (non-hydrogen) atoms. The quantitative estimate of drug-likeness (QED) is 0.173. The second-order valence-electron chi connectivity index (χ2n) is 18.9. The maximum absolute atomic E-state index is 5.46. The fraction of sp³-hybridized carbons (Fsp3) is 0.0794. The lowest BCUT2D eigenvalue weighted by Gasteiger charge is -2.26. The van der Waals surface area contributed by atoms with E-state index in [0.29, 0.717) is 5.82 Å². The largest absolute Gasteiger partial charge is 0.313 e. The average molecular weight is 857 g/mol. The molecule has 1 atom stereocenters. The van der Waals surface area contributed by atoms with E-state index in [0.717, 1.165) is 39.8 Å². The molecule has 0 N–H and O–H groups in total. The first-order valence-corrected chi connectivity index (χ1v) is 23.4. The first-order valence-electron chi connectivity index (χ1n) is 23.4. The number of nitrogens with zero attached hydrogens (tertiary/aromatic N) is 4. The lowest BCUT2D eigenvalue weighted by molar-refractivity contribution is 0.661. The van der Waals surface area contributed by atoms with Gasteiger partial charge in [-0.1, -0.05) is 159 Å². The van der Waals surface area contributed by atoms with E-state index in [4.69, 9.17) is 9.97 Å². The van der Waals surface area contributed by atoms with Gasteiger partial charge in [-0.2, -0.15) is 0 Å². The summed E-state index contributed by atoms with van der Waals surface area (Å²) in [4.78, 5) is 13.3. The van der Waals surface area contributed by atoms with E-state index >= 15 is 0 Å². The monoisotopic (exact) mass is 856 g/mol. The maximum atomic E-state index is 5.46. The SMILES string of the molecule is CC1(C)c2cc3c(cc2-c2c1ccc1ccccc21)c1ccccc1n3-c1cc(C2=CC=C3C(C2)c2ccccc2N3c2ccccc2)cc(-c2nc(-c3ccccc3)c3ccccc3n2)c1. The van der Waals surface area contributed by atoms with Crippen LogP contribution in [0.4, 0.5) is 11.4 Å². The Morgan fingerprint density at radius 1 is 0.507 bits per heavy atom. The van der Waals surface area contributed by atoms with Gasteiger partial charge in [0.25, 0.3) is 0 Å². The van der Waals surface area contributed by atoms with Crippen molar-refractivity contribution in [1.82, 2.24) is 14.5 Å². The molecular weight excluding hydrogens is 813 g/mol. The van der Waals surface area contributed by atoms with Gasteiger partial charge in [0, 0.05) is 61.4 Å². The molecule has 2 aromatic heterocycles. The van der Waals surface area contributed by atoms with E-state index < -0.39 is 0 Å². The summed E-state index contributed by atoms with van der Waals surface area (Å²) >= 11 is 0. The number of hydrogen-bond acceptors (Lipinski definition) is 3. The van der Waals surface area contributed by atoms with Gasteiger partial charge in [0.05, 0.1) is 22.2 Å². The van der Waals surface area contributed by atoms with Crippen molar-refractivity contribution in [2.45, 2.75) is 31.6 Å². The molecule has 0 amide bonds. The summed E-state index contributed by atoms with van der Waals surface area (Å²) in [6.45, 7) is 4.78. The number of fused-ring (bicyclic) bond motifs is 12. The third-order valence-corrected chi connectivity index (χ3v) is 14.9. The Balaban J connectivity index is 1.02. The minimum absolute atomic E-state index is 0.188. The maximum Gasteiger partial charge on any atom is 0.160 e. The molecule has 11 aromatic rings. The third-order valence-electron chi connectivity index (χ3n) is 14.9. The summed E-state index contributed by atoms with van der Waals surface area (Å²) in [7, 11) is 0. The highest BCUT2D eigenvalue weighted by molar-refractivity contribution is 6.13. The van der Waals surface area contributed by atoms with Crippen LogP contribution in [-0.4, -0.2) is 14.5 Å². The number of aromatic nitrogens is 3. The molecule has 9 aromatic carbocycles. The van der Waals surface area contributed by atoms with Gasteiger partial charge >= 0.3 is 0 Å². The van der Waals surface area contributed by atoms with Crippen LogP contribution in [0.2, 0.25) is 0 Å². The van der Waals surface area contributed by atoms with Crippen LogP contribution >= 0.6 is 0 Å². The van der Waals surface area contributed by atoms with Crippen molar-refractivity contribution in [3.05, 3.63) is 240 Å². The molecule has 316 valence electrons. The Labute approximate surface area is 389 Å². The first-order chi connectivity index (χ1) is 33.0.